The van der Waals surface area contributed by atoms with Crippen molar-refractivity contribution in [2.24, 2.45) is 17.3 Å². The monoisotopic (exact) mass is 327 g/mol. The van der Waals surface area contributed by atoms with Crippen LogP contribution in [0.5, 0.6) is 0 Å². The SMILES string of the molecule is CC(=CC(C)(C)C)c1ccc(C(=O)NC2CCCC(C)C2C)cc1. The summed E-state index contributed by atoms with van der Waals surface area (Å²) in [5, 5.41) is 3.25. The van der Waals surface area contributed by atoms with E-state index in [4.69, 9.17) is 0 Å². The van der Waals surface area contributed by atoms with E-state index in [0.717, 1.165) is 12.0 Å². The molecule has 2 nitrogen and oxygen atoms in total. The number of nitrogens with one attached hydrogen (secondary N) is 1. The molecule has 3 unspecified atom stereocenters. The number of amides is 1. The lowest BCUT2D eigenvalue weighted by Gasteiger charge is -2.34. The van der Waals surface area contributed by atoms with Gasteiger partial charge in [-0.15, -0.1) is 0 Å². The fraction of sp³-hybridized carbons (Fsp3) is 0.591. The Bertz CT molecular complexity index is 591. The summed E-state index contributed by atoms with van der Waals surface area (Å²) in [6.07, 6.45) is 5.86. The van der Waals surface area contributed by atoms with E-state index in [-0.39, 0.29) is 11.3 Å². The zero-order valence-corrected chi connectivity index (χ0v) is 16.1. The maximum Gasteiger partial charge on any atom is 0.251 e. The van der Waals surface area contributed by atoms with Gasteiger partial charge in [-0.3, -0.25) is 4.79 Å². The first kappa shape index (κ1) is 18.8. The lowest BCUT2D eigenvalue weighted by Crippen LogP contribution is -2.43. The van der Waals surface area contributed by atoms with E-state index in [0.29, 0.717) is 17.9 Å². The molecule has 132 valence electrons. The second-order valence-electron chi connectivity index (χ2n) is 8.62. The molecule has 1 fully saturated rings. The van der Waals surface area contributed by atoms with Crippen LogP contribution in [0, 0.1) is 17.3 Å². The number of benzene rings is 1. The van der Waals surface area contributed by atoms with E-state index in [1.54, 1.807) is 0 Å². The molecule has 2 rings (SSSR count). The van der Waals surface area contributed by atoms with Gasteiger partial charge in [0.05, 0.1) is 0 Å². The Hall–Kier alpha value is -1.57. The molecule has 0 aliphatic heterocycles. The summed E-state index contributed by atoms with van der Waals surface area (Å²) in [6, 6.07) is 8.31. The second kappa shape index (κ2) is 7.55. The van der Waals surface area contributed by atoms with Gasteiger partial charge in [-0.2, -0.15) is 0 Å². The lowest BCUT2D eigenvalue weighted by molar-refractivity contribution is 0.0891. The van der Waals surface area contributed by atoms with Gasteiger partial charge >= 0.3 is 0 Å². The molecular formula is C22H33NO. The first-order chi connectivity index (χ1) is 11.2. The van der Waals surface area contributed by atoms with Crippen LogP contribution in [0.1, 0.15) is 76.7 Å². The van der Waals surface area contributed by atoms with Crippen molar-refractivity contribution < 1.29 is 4.79 Å². The number of carbonyl (C=O) groups excluding carboxylic acids is 1. The van der Waals surface area contributed by atoms with Crippen LogP contribution in [-0.2, 0) is 0 Å². The molecule has 0 saturated heterocycles. The van der Waals surface area contributed by atoms with Crippen LogP contribution >= 0.6 is 0 Å². The zero-order valence-electron chi connectivity index (χ0n) is 16.1. The van der Waals surface area contributed by atoms with Gasteiger partial charge in [-0.1, -0.05) is 65.7 Å². The molecule has 0 bridgehead atoms. The van der Waals surface area contributed by atoms with E-state index >= 15 is 0 Å². The average molecular weight is 328 g/mol. The minimum absolute atomic E-state index is 0.0601. The van der Waals surface area contributed by atoms with Gasteiger partial charge in [0.2, 0.25) is 0 Å². The highest BCUT2D eigenvalue weighted by Gasteiger charge is 2.28. The molecular weight excluding hydrogens is 294 g/mol. The molecule has 1 aliphatic carbocycles. The molecule has 3 atom stereocenters. The third kappa shape index (κ3) is 4.96. The quantitative estimate of drug-likeness (QED) is 0.759. The highest BCUT2D eigenvalue weighted by Crippen LogP contribution is 2.29. The molecule has 1 aromatic carbocycles. The van der Waals surface area contributed by atoms with Crippen molar-refractivity contribution in [2.75, 3.05) is 0 Å². The molecule has 1 aliphatic rings. The normalized spacial score (nSPS) is 25.4. The van der Waals surface area contributed by atoms with Crippen molar-refractivity contribution >= 4 is 11.5 Å². The maximum absolute atomic E-state index is 12.5. The fourth-order valence-electron chi connectivity index (χ4n) is 3.65. The average Bonchev–Trinajstić information content (AvgIpc) is 2.50. The third-order valence-electron chi connectivity index (χ3n) is 5.28. The van der Waals surface area contributed by atoms with Crippen LogP contribution in [0.2, 0.25) is 0 Å². The summed E-state index contributed by atoms with van der Waals surface area (Å²) in [6.45, 7) is 13.3. The van der Waals surface area contributed by atoms with Crippen LogP contribution < -0.4 is 5.32 Å². The maximum atomic E-state index is 12.5. The minimum Gasteiger partial charge on any atom is -0.349 e. The van der Waals surface area contributed by atoms with Gasteiger partial charge in [0.1, 0.15) is 0 Å². The van der Waals surface area contributed by atoms with E-state index in [1.165, 1.54) is 24.0 Å². The molecule has 1 saturated carbocycles. The Kier molecular flexibility index (Phi) is 5.90. The summed E-state index contributed by atoms with van der Waals surface area (Å²) in [7, 11) is 0. The topological polar surface area (TPSA) is 29.1 Å². The Morgan fingerprint density at radius 2 is 1.67 bits per heavy atom. The van der Waals surface area contributed by atoms with Crippen LogP contribution in [0.25, 0.3) is 5.57 Å². The van der Waals surface area contributed by atoms with Crippen molar-refractivity contribution in [3.63, 3.8) is 0 Å². The first-order valence-corrected chi connectivity index (χ1v) is 9.28. The Morgan fingerprint density at radius 3 is 2.25 bits per heavy atom. The summed E-state index contributed by atoms with van der Waals surface area (Å²) >= 11 is 0. The van der Waals surface area contributed by atoms with E-state index in [2.05, 4.69) is 65.1 Å². The Morgan fingerprint density at radius 1 is 1.08 bits per heavy atom. The standard InChI is InChI=1S/C22H33NO/c1-15-8-7-9-20(17(15)3)23-21(24)19-12-10-18(11-13-19)16(2)14-22(4,5)6/h10-15,17,20H,7-9H2,1-6H3,(H,23,24). The van der Waals surface area contributed by atoms with Crippen LogP contribution in [0.3, 0.4) is 0 Å². The van der Waals surface area contributed by atoms with Crippen LogP contribution in [0.4, 0.5) is 0 Å². The van der Waals surface area contributed by atoms with E-state index in [1.807, 2.05) is 12.1 Å². The summed E-state index contributed by atoms with van der Waals surface area (Å²) in [4.78, 5) is 12.5. The number of hydrogen-bond donors (Lipinski definition) is 1. The Labute approximate surface area is 147 Å². The smallest absolute Gasteiger partial charge is 0.251 e. The number of carbonyl (C=O) groups is 1. The fourth-order valence-corrected chi connectivity index (χ4v) is 3.65. The minimum atomic E-state index is 0.0601. The molecule has 0 spiro atoms. The third-order valence-corrected chi connectivity index (χ3v) is 5.28. The summed E-state index contributed by atoms with van der Waals surface area (Å²) in [5.41, 5.74) is 3.35. The largest absolute Gasteiger partial charge is 0.349 e. The molecule has 0 radical (unpaired) electrons. The predicted molar refractivity (Wildman–Crippen MR) is 103 cm³/mol. The van der Waals surface area contributed by atoms with Crippen molar-refractivity contribution in [1.29, 1.82) is 0 Å². The number of rotatable bonds is 3. The molecule has 0 aromatic heterocycles. The Balaban J connectivity index is 2.05. The second-order valence-corrected chi connectivity index (χ2v) is 8.62. The van der Waals surface area contributed by atoms with E-state index < -0.39 is 0 Å². The van der Waals surface area contributed by atoms with Crippen molar-refractivity contribution in [1.82, 2.24) is 5.32 Å². The van der Waals surface area contributed by atoms with Gasteiger partial charge in [0.25, 0.3) is 5.91 Å². The summed E-state index contributed by atoms with van der Waals surface area (Å²) in [5.74, 6) is 1.31. The highest BCUT2D eigenvalue weighted by atomic mass is 16.1. The zero-order chi connectivity index (χ0) is 17.9. The number of hydrogen-bond acceptors (Lipinski definition) is 1. The molecule has 1 N–H and O–H groups in total. The molecule has 24 heavy (non-hydrogen) atoms. The molecule has 1 amide bonds. The van der Waals surface area contributed by atoms with Gasteiger partial charge in [-0.25, -0.2) is 0 Å². The highest BCUT2D eigenvalue weighted by molar-refractivity contribution is 5.94. The summed E-state index contributed by atoms with van der Waals surface area (Å²) < 4.78 is 0. The lowest BCUT2D eigenvalue weighted by atomic mass is 9.78. The molecule has 1 aromatic rings. The van der Waals surface area contributed by atoms with Crippen LogP contribution in [0.15, 0.2) is 30.3 Å². The van der Waals surface area contributed by atoms with Gasteiger partial charge in [-0.05, 0) is 53.9 Å². The first-order valence-electron chi connectivity index (χ1n) is 9.28. The van der Waals surface area contributed by atoms with Gasteiger partial charge in [0.15, 0.2) is 0 Å². The van der Waals surface area contributed by atoms with Gasteiger partial charge in [0, 0.05) is 11.6 Å². The van der Waals surface area contributed by atoms with Gasteiger partial charge < -0.3 is 5.32 Å². The number of allylic oxidation sites excluding steroid dienone is 2. The predicted octanol–water partition coefficient (Wildman–Crippen LogP) is 5.69. The molecule has 2 heteroatoms. The molecule has 0 heterocycles. The van der Waals surface area contributed by atoms with Crippen molar-refractivity contribution in [3.05, 3.63) is 41.5 Å². The van der Waals surface area contributed by atoms with Crippen molar-refractivity contribution in [3.8, 4) is 0 Å². The van der Waals surface area contributed by atoms with E-state index in [9.17, 15) is 4.79 Å². The van der Waals surface area contributed by atoms with Crippen LogP contribution in [-0.4, -0.2) is 11.9 Å². The van der Waals surface area contributed by atoms with Crippen molar-refractivity contribution in [2.45, 2.75) is 66.8 Å².